The van der Waals surface area contributed by atoms with Crippen LogP contribution in [0.5, 0.6) is 23.0 Å². The summed E-state index contributed by atoms with van der Waals surface area (Å²) in [6.45, 7) is 0. The number of methoxy groups -OCH3 is 4. The molecule has 0 fully saturated rings. The van der Waals surface area contributed by atoms with Crippen molar-refractivity contribution in [2.24, 2.45) is 0 Å². The zero-order valence-electron chi connectivity index (χ0n) is 24.2. The van der Waals surface area contributed by atoms with Gasteiger partial charge in [-0.3, -0.25) is 0 Å². The predicted octanol–water partition coefficient (Wildman–Crippen LogP) is 10.6. The van der Waals surface area contributed by atoms with Crippen LogP contribution in [0.25, 0.3) is 80.2 Å². The summed E-state index contributed by atoms with van der Waals surface area (Å²) < 4.78 is 23.9. The Labute approximate surface area is 248 Å². The lowest BCUT2D eigenvalue weighted by Crippen LogP contribution is -1.93. The van der Waals surface area contributed by atoms with Gasteiger partial charge < -0.3 is 18.9 Å². The highest BCUT2D eigenvalue weighted by atomic mass is 31.1. The minimum Gasteiger partial charge on any atom is -0.497 e. The van der Waals surface area contributed by atoms with Crippen molar-refractivity contribution >= 4 is 82.4 Å². The Morgan fingerprint density at radius 2 is 0.860 bits per heavy atom. The number of hydrogen-bond donors (Lipinski definition) is 0. The maximum Gasteiger partial charge on any atom is 0.131 e. The Morgan fingerprint density at radius 1 is 0.395 bits per heavy atom. The summed E-state index contributed by atoms with van der Waals surface area (Å²) in [5, 5.41) is 18.8. The van der Waals surface area contributed by atoms with Gasteiger partial charge >= 0.3 is 0 Å². The van der Waals surface area contributed by atoms with Gasteiger partial charge in [-0.2, -0.15) is 0 Å². The van der Waals surface area contributed by atoms with E-state index in [0.29, 0.717) is 0 Å². The maximum atomic E-state index is 6.09. The van der Waals surface area contributed by atoms with Crippen molar-refractivity contribution in [2.45, 2.75) is 0 Å². The average Bonchev–Trinajstić information content (AvgIpc) is 3.44. The van der Waals surface area contributed by atoms with Gasteiger partial charge in [-0.05, 0) is 49.8 Å². The summed E-state index contributed by atoms with van der Waals surface area (Å²) in [6.07, 6.45) is 0. The zero-order chi connectivity index (χ0) is 29.0. The molecule has 4 nitrogen and oxygen atoms in total. The van der Waals surface area contributed by atoms with Crippen LogP contribution in [0.4, 0.5) is 0 Å². The molecular formula is C38H27O4P. The molecule has 0 aliphatic heterocycles. The molecule has 0 atom stereocenters. The van der Waals surface area contributed by atoms with Crippen LogP contribution in [-0.2, 0) is 0 Å². The first-order chi connectivity index (χ1) is 21.2. The maximum absolute atomic E-state index is 6.09. The largest absolute Gasteiger partial charge is 0.497 e. The van der Waals surface area contributed by atoms with Gasteiger partial charge in [-0.1, -0.05) is 74.3 Å². The first-order valence-electron chi connectivity index (χ1n) is 14.3. The highest BCUT2D eigenvalue weighted by molar-refractivity contribution is 7.69. The molecule has 0 aliphatic rings. The van der Waals surface area contributed by atoms with E-state index in [1.807, 2.05) is 12.1 Å². The predicted molar refractivity (Wildman–Crippen MR) is 182 cm³/mol. The normalized spacial score (nSPS) is 12.2. The van der Waals surface area contributed by atoms with E-state index in [0.717, 1.165) is 33.8 Å². The first kappa shape index (κ1) is 24.7. The highest BCUT2D eigenvalue weighted by Gasteiger charge is 2.29. The Balaban J connectivity index is 1.75. The Kier molecular flexibility index (Phi) is 5.04. The molecule has 0 bridgehead atoms. The van der Waals surface area contributed by atoms with Crippen LogP contribution in [0.3, 0.4) is 0 Å². The van der Waals surface area contributed by atoms with E-state index in [4.69, 9.17) is 18.9 Å². The molecule has 1 aromatic heterocycles. The Morgan fingerprint density at radius 3 is 1.30 bits per heavy atom. The molecule has 0 amide bonds. The lowest BCUT2D eigenvalue weighted by Gasteiger charge is -2.19. The van der Waals surface area contributed by atoms with E-state index >= 15 is 0 Å². The van der Waals surface area contributed by atoms with Gasteiger partial charge in [0, 0.05) is 54.7 Å². The third-order valence-corrected chi connectivity index (χ3v) is 11.9. The summed E-state index contributed by atoms with van der Waals surface area (Å²) in [5.41, 5.74) is 0. The van der Waals surface area contributed by atoms with Crippen LogP contribution in [-0.4, -0.2) is 28.4 Å². The molecule has 0 spiro atoms. The van der Waals surface area contributed by atoms with Crippen LogP contribution >= 0.6 is 7.53 Å². The summed E-state index contributed by atoms with van der Waals surface area (Å²) in [5.74, 6) is 3.23. The van der Waals surface area contributed by atoms with Crippen molar-refractivity contribution in [1.82, 2.24) is 0 Å². The quantitative estimate of drug-likeness (QED) is 0.150. The summed E-state index contributed by atoms with van der Waals surface area (Å²) in [7, 11) is 5.97. The standard InChI is InChI=1S/C38H27O4P/c1-39-20-16-27-31(29(18-20)41-3)25-14-8-12-23-24-13-9-15-26-32-28(17-21(40-2)19-30(32)42-4)38-36(34(24)26)35(33(23)25)37(27)43(38)22-10-6-5-7-11-22/h5-19H,1-4H3. The van der Waals surface area contributed by atoms with Crippen molar-refractivity contribution in [2.75, 3.05) is 28.4 Å². The molecule has 1 heterocycles. The Bertz CT molecular complexity index is 2390. The number of ether oxygens (including phenoxy) is 4. The average molecular weight is 579 g/mol. The highest BCUT2D eigenvalue weighted by Crippen LogP contribution is 2.65. The van der Waals surface area contributed by atoms with Crippen molar-refractivity contribution < 1.29 is 18.9 Å². The molecule has 0 N–H and O–H groups in total. The number of rotatable bonds is 5. The smallest absolute Gasteiger partial charge is 0.131 e. The van der Waals surface area contributed by atoms with E-state index < -0.39 is 7.53 Å². The van der Waals surface area contributed by atoms with Gasteiger partial charge in [0.25, 0.3) is 0 Å². The van der Waals surface area contributed by atoms with E-state index in [9.17, 15) is 0 Å². The van der Waals surface area contributed by atoms with Gasteiger partial charge in [-0.25, -0.2) is 0 Å². The topological polar surface area (TPSA) is 36.9 Å². The van der Waals surface area contributed by atoms with Crippen molar-refractivity contribution in [3.63, 3.8) is 0 Å². The van der Waals surface area contributed by atoms with Gasteiger partial charge in [-0.15, -0.1) is 0 Å². The van der Waals surface area contributed by atoms with E-state index in [2.05, 4.69) is 78.9 Å². The minimum atomic E-state index is -0.983. The molecule has 0 radical (unpaired) electrons. The number of fused-ring (bicyclic) bond motifs is 7. The van der Waals surface area contributed by atoms with E-state index in [-0.39, 0.29) is 0 Å². The minimum absolute atomic E-state index is 0.789. The summed E-state index contributed by atoms with van der Waals surface area (Å²) >= 11 is 0. The molecule has 0 saturated heterocycles. The molecule has 0 unspecified atom stereocenters. The van der Waals surface area contributed by atoms with Crippen LogP contribution in [0.15, 0.2) is 91.0 Å². The first-order valence-corrected chi connectivity index (χ1v) is 15.7. The lowest BCUT2D eigenvalue weighted by molar-refractivity contribution is 0.398. The summed E-state index contributed by atoms with van der Waals surface area (Å²) in [6, 6.07) is 32.8. The van der Waals surface area contributed by atoms with E-state index in [1.54, 1.807) is 28.4 Å². The molecule has 208 valence electrons. The van der Waals surface area contributed by atoms with Crippen LogP contribution in [0, 0.1) is 0 Å². The van der Waals surface area contributed by atoms with Crippen molar-refractivity contribution in [3.8, 4) is 28.3 Å². The third kappa shape index (κ3) is 3.01. The van der Waals surface area contributed by atoms with Crippen LogP contribution in [0.2, 0.25) is 0 Å². The molecule has 43 heavy (non-hydrogen) atoms. The van der Waals surface area contributed by atoms with Gasteiger partial charge in [0.2, 0.25) is 0 Å². The monoisotopic (exact) mass is 578 g/mol. The molecule has 0 saturated carbocycles. The van der Waals surface area contributed by atoms with Crippen molar-refractivity contribution in [1.29, 1.82) is 0 Å². The number of benzene rings is 8. The van der Waals surface area contributed by atoms with Crippen LogP contribution < -0.4 is 18.9 Å². The molecule has 5 heteroatoms. The van der Waals surface area contributed by atoms with Gasteiger partial charge in [0.1, 0.15) is 23.0 Å². The fourth-order valence-corrected chi connectivity index (χ4v) is 10.5. The zero-order valence-corrected chi connectivity index (χ0v) is 25.1. The molecule has 8 aromatic carbocycles. The Hall–Kier alpha value is -4.92. The van der Waals surface area contributed by atoms with Crippen LogP contribution in [0.1, 0.15) is 0 Å². The van der Waals surface area contributed by atoms with Crippen molar-refractivity contribution in [3.05, 3.63) is 91.0 Å². The van der Waals surface area contributed by atoms with Gasteiger partial charge in [0.05, 0.1) is 28.4 Å². The molecular weight excluding hydrogens is 551 g/mol. The van der Waals surface area contributed by atoms with Gasteiger partial charge in [0.15, 0.2) is 0 Å². The summed E-state index contributed by atoms with van der Waals surface area (Å²) in [4.78, 5) is 0. The third-order valence-electron chi connectivity index (χ3n) is 9.22. The molecule has 0 aliphatic carbocycles. The SMILES string of the molecule is COc1cc(OC)c2c3cccc4c5cccc6c7c(OC)cc(OC)cc7c7c(c56)c(c43)c(c2c1)p7-c1ccccc1. The number of hydrogen-bond acceptors (Lipinski definition) is 4. The lowest BCUT2D eigenvalue weighted by atomic mass is 9.85. The van der Waals surface area contributed by atoms with E-state index in [1.165, 1.54) is 69.4 Å². The fraction of sp³-hybridized carbons (Fsp3) is 0.105. The second-order valence-electron chi connectivity index (χ2n) is 11.1. The molecule has 9 aromatic rings. The fourth-order valence-electron chi connectivity index (χ4n) is 7.58. The second-order valence-corrected chi connectivity index (χ2v) is 13.2. The second kappa shape index (κ2) is 8.80. The molecule has 9 rings (SSSR count).